The Kier molecular flexibility index (Phi) is 7.24. The number of halogens is 1. The molecule has 0 aliphatic heterocycles. The molecule has 0 bridgehead atoms. The first-order chi connectivity index (χ1) is 12.5. The van der Waals surface area contributed by atoms with Crippen LogP contribution in [0.1, 0.15) is 41.0 Å². The molecule has 0 aliphatic rings. The van der Waals surface area contributed by atoms with E-state index in [2.05, 4.69) is 22.0 Å². The highest BCUT2D eigenvalue weighted by molar-refractivity contribution is 6.33. The standard InChI is InChI=1S/C19H23ClN2O4/c1-5-14(13-7-9-16(24-2)18(25-3)17(13)20)21-10-12-6-8-15(22-11-12)19(23)26-4/h6-9,11,14,21H,5,10H2,1-4H3. The van der Waals surface area contributed by atoms with Gasteiger partial charge in [0.2, 0.25) is 0 Å². The van der Waals surface area contributed by atoms with Gasteiger partial charge in [-0.3, -0.25) is 0 Å². The zero-order valence-electron chi connectivity index (χ0n) is 15.3. The summed E-state index contributed by atoms with van der Waals surface area (Å²) in [6, 6.07) is 7.30. The first-order valence-corrected chi connectivity index (χ1v) is 8.60. The first-order valence-electron chi connectivity index (χ1n) is 8.22. The van der Waals surface area contributed by atoms with Gasteiger partial charge in [0.05, 0.1) is 26.4 Å². The summed E-state index contributed by atoms with van der Waals surface area (Å²) in [5.74, 6) is 0.669. The average Bonchev–Trinajstić information content (AvgIpc) is 2.68. The highest BCUT2D eigenvalue weighted by Crippen LogP contribution is 2.40. The summed E-state index contributed by atoms with van der Waals surface area (Å²) in [5, 5.41) is 3.99. The SMILES string of the molecule is CCC(NCc1ccc(C(=O)OC)nc1)c1ccc(OC)c(OC)c1Cl. The molecule has 6 nitrogen and oxygen atoms in total. The molecule has 0 saturated carbocycles. The zero-order chi connectivity index (χ0) is 19.1. The maximum atomic E-state index is 11.4. The van der Waals surface area contributed by atoms with Crippen LogP contribution in [0.2, 0.25) is 5.02 Å². The van der Waals surface area contributed by atoms with Crippen LogP contribution in [0, 0.1) is 0 Å². The van der Waals surface area contributed by atoms with Crippen molar-refractivity contribution in [1.29, 1.82) is 0 Å². The molecule has 1 heterocycles. The monoisotopic (exact) mass is 378 g/mol. The Bertz CT molecular complexity index is 750. The predicted molar refractivity (Wildman–Crippen MR) is 100 cm³/mol. The van der Waals surface area contributed by atoms with Crippen molar-refractivity contribution in [3.8, 4) is 11.5 Å². The van der Waals surface area contributed by atoms with Crippen LogP contribution in [0.3, 0.4) is 0 Å². The van der Waals surface area contributed by atoms with Crippen molar-refractivity contribution < 1.29 is 19.0 Å². The molecule has 0 saturated heterocycles. The number of pyridine rings is 1. The Hall–Kier alpha value is -2.31. The quantitative estimate of drug-likeness (QED) is 0.705. The summed E-state index contributed by atoms with van der Waals surface area (Å²) in [5.41, 5.74) is 2.17. The van der Waals surface area contributed by atoms with Gasteiger partial charge in [0.15, 0.2) is 11.5 Å². The van der Waals surface area contributed by atoms with E-state index in [-0.39, 0.29) is 11.7 Å². The van der Waals surface area contributed by atoms with Crippen LogP contribution in [0.25, 0.3) is 0 Å². The van der Waals surface area contributed by atoms with Gasteiger partial charge in [-0.05, 0) is 29.7 Å². The Labute approximate surface area is 158 Å². The van der Waals surface area contributed by atoms with Crippen molar-refractivity contribution in [2.24, 2.45) is 0 Å². The lowest BCUT2D eigenvalue weighted by molar-refractivity contribution is 0.0594. The molecular weight excluding hydrogens is 356 g/mol. The molecule has 2 aromatic rings. The van der Waals surface area contributed by atoms with Crippen molar-refractivity contribution >= 4 is 17.6 Å². The van der Waals surface area contributed by atoms with Gasteiger partial charge in [-0.1, -0.05) is 30.7 Å². The number of methoxy groups -OCH3 is 3. The Morgan fingerprint density at radius 3 is 2.50 bits per heavy atom. The highest BCUT2D eigenvalue weighted by Gasteiger charge is 2.19. The van der Waals surface area contributed by atoms with E-state index in [1.165, 1.54) is 7.11 Å². The van der Waals surface area contributed by atoms with Gasteiger partial charge >= 0.3 is 5.97 Å². The van der Waals surface area contributed by atoms with Crippen LogP contribution in [-0.4, -0.2) is 32.3 Å². The second-order valence-electron chi connectivity index (χ2n) is 5.59. The van der Waals surface area contributed by atoms with Crippen molar-refractivity contribution in [3.05, 3.63) is 52.3 Å². The van der Waals surface area contributed by atoms with E-state index < -0.39 is 5.97 Å². The fourth-order valence-electron chi connectivity index (χ4n) is 2.64. The highest BCUT2D eigenvalue weighted by atomic mass is 35.5. The van der Waals surface area contributed by atoms with Crippen LogP contribution < -0.4 is 14.8 Å². The second-order valence-corrected chi connectivity index (χ2v) is 5.97. The molecule has 1 aromatic heterocycles. The summed E-state index contributed by atoms with van der Waals surface area (Å²) < 4.78 is 15.3. The van der Waals surface area contributed by atoms with Gasteiger partial charge in [0, 0.05) is 18.8 Å². The first kappa shape index (κ1) is 20.0. The molecule has 26 heavy (non-hydrogen) atoms. The third-order valence-electron chi connectivity index (χ3n) is 4.07. The van der Waals surface area contributed by atoms with Crippen LogP contribution >= 0.6 is 11.6 Å². The molecule has 1 atom stereocenters. The molecule has 140 valence electrons. The van der Waals surface area contributed by atoms with Crippen LogP contribution in [-0.2, 0) is 11.3 Å². The minimum Gasteiger partial charge on any atom is -0.493 e. The van der Waals surface area contributed by atoms with Crippen molar-refractivity contribution in [2.75, 3.05) is 21.3 Å². The van der Waals surface area contributed by atoms with Crippen LogP contribution in [0.15, 0.2) is 30.5 Å². The molecule has 0 radical (unpaired) electrons. The summed E-state index contributed by atoms with van der Waals surface area (Å²) >= 11 is 6.51. The Balaban J connectivity index is 2.14. The predicted octanol–water partition coefficient (Wildman–Crippen LogP) is 3.78. The number of ether oxygens (including phenoxy) is 3. The van der Waals surface area contributed by atoms with Crippen molar-refractivity contribution in [2.45, 2.75) is 25.9 Å². The number of hydrogen-bond acceptors (Lipinski definition) is 6. The van der Waals surface area contributed by atoms with Crippen molar-refractivity contribution in [3.63, 3.8) is 0 Å². The topological polar surface area (TPSA) is 69.7 Å². The van der Waals surface area contributed by atoms with Crippen LogP contribution in [0.4, 0.5) is 0 Å². The number of nitrogens with zero attached hydrogens (tertiary/aromatic N) is 1. The Morgan fingerprint density at radius 2 is 1.96 bits per heavy atom. The molecule has 0 aliphatic carbocycles. The number of esters is 1. The summed E-state index contributed by atoms with van der Waals surface area (Å²) in [6.07, 6.45) is 2.49. The number of rotatable bonds is 8. The number of benzene rings is 1. The molecule has 0 fully saturated rings. The van der Waals surface area contributed by atoms with E-state index in [0.717, 1.165) is 17.5 Å². The third kappa shape index (κ3) is 4.45. The maximum absolute atomic E-state index is 11.4. The molecule has 1 N–H and O–H groups in total. The summed E-state index contributed by atoms with van der Waals surface area (Å²) in [6.45, 7) is 2.65. The number of aromatic nitrogens is 1. The van der Waals surface area contributed by atoms with E-state index in [1.54, 1.807) is 26.5 Å². The molecule has 0 amide bonds. The van der Waals surface area contributed by atoms with Gasteiger partial charge in [0.25, 0.3) is 0 Å². The van der Waals surface area contributed by atoms with E-state index in [9.17, 15) is 4.79 Å². The smallest absolute Gasteiger partial charge is 0.356 e. The lowest BCUT2D eigenvalue weighted by atomic mass is 10.0. The molecule has 1 unspecified atom stereocenters. The molecule has 7 heteroatoms. The second kappa shape index (κ2) is 9.40. The normalized spacial score (nSPS) is 11.7. The average molecular weight is 379 g/mol. The zero-order valence-corrected chi connectivity index (χ0v) is 16.1. The fourth-order valence-corrected chi connectivity index (χ4v) is 3.01. The lowest BCUT2D eigenvalue weighted by Crippen LogP contribution is -2.21. The van der Waals surface area contributed by atoms with E-state index in [1.807, 2.05) is 18.2 Å². The minimum atomic E-state index is -0.451. The van der Waals surface area contributed by atoms with Gasteiger partial charge in [-0.25, -0.2) is 9.78 Å². The number of carbonyl (C=O) groups excluding carboxylic acids is 1. The molecule has 0 spiro atoms. The number of carbonyl (C=O) groups is 1. The van der Waals surface area contributed by atoms with E-state index in [0.29, 0.717) is 23.1 Å². The van der Waals surface area contributed by atoms with Gasteiger partial charge in [-0.15, -0.1) is 0 Å². The largest absolute Gasteiger partial charge is 0.493 e. The Morgan fingerprint density at radius 1 is 1.19 bits per heavy atom. The lowest BCUT2D eigenvalue weighted by Gasteiger charge is -2.21. The van der Waals surface area contributed by atoms with E-state index in [4.69, 9.17) is 21.1 Å². The maximum Gasteiger partial charge on any atom is 0.356 e. The minimum absolute atomic E-state index is 0.0302. The van der Waals surface area contributed by atoms with Gasteiger partial charge < -0.3 is 19.5 Å². The van der Waals surface area contributed by atoms with Gasteiger partial charge in [-0.2, -0.15) is 0 Å². The molecule has 2 rings (SSSR count). The van der Waals surface area contributed by atoms with E-state index >= 15 is 0 Å². The molecule has 1 aromatic carbocycles. The number of nitrogens with one attached hydrogen (secondary N) is 1. The van der Waals surface area contributed by atoms with Crippen molar-refractivity contribution in [1.82, 2.24) is 10.3 Å². The van der Waals surface area contributed by atoms with Gasteiger partial charge in [0.1, 0.15) is 5.69 Å². The third-order valence-corrected chi connectivity index (χ3v) is 4.46. The number of hydrogen-bond donors (Lipinski definition) is 1. The molecular formula is C19H23ClN2O4. The summed E-state index contributed by atoms with van der Waals surface area (Å²) in [4.78, 5) is 15.6. The fraction of sp³-hybridized carbons (Fsp3) is 0.368. The summed E-state index contributed by atoms with van der Waals surface area (Å²) in [7, 11) is 4.48. The van der Waals surface area contributed by atoms with Crippen LogP contribution in [0.5, 0.6) is 11.5 Å².